The summed E-state index contributed by atoms with van der Waals surface area (Å²) in [5, 5.41) is 0. The molecule has 0 radical (unpaired) electrons. The molecule has 0 amide bonds. The summed E-state index contributed by atoms with van der Waals surface area (Å²) >= 11 is 0. The van der Waals surface area contributed by atoms with Crippen molar-refractivity contribution in [3.05, 3.63) is 78.1 Å². The highest BCUT2D eigenvalue weighted by Gasteiger charge is 2.09. The van der Waals surface area contributed by atoms with Crippen molar-refractivity contribution in [3.8, 4) is 23.0 Å². The van der Waals surface area contributed by atoms with Gasteiger partial charge in [0, 0.05) is 0 Å². The molecule has 1 aliphatic heterocycles. The molecule has 0 spiro atoms. The van der Waals surface area contributed by atoms with Gasteiger partial charge >= 0.3 is 0 Å². The zero-order valence-electron chi connectivity index (χ0n) is 16.1. The van der Waals surface area contributed by atoms with Crippen LogP contribution in [0.5, 0.6) is 23.0 Å². The second kappa shape index (κ2) is 9.80. The van der Waals surface area contributed by atoms with E-state index in [0.29, 0.717) is 62.6 Å². The Bertz CT molecular complexity index is 860. The van der Waals surface area contributed by atoms with Crippen LogP contribution in [0, 0.1) is 0 Å². The van der Waals surface area contributed by atoms with E-state index in [1.165, 1.54) is 0 Å². The summed E-state index contributed by atoms with van der Waals surface area (Å²) in [4.78, 5) is 4.63. The number of nitrogens with zero attached hydrogens (tertiary/aromatic N) is 1. The van der Waals surface area contributed by atoms with E-state index < -0.39 is 0 Å². The number of rotatable bonds is 0. The van der Waals surface area contributed by atoms with Crippen LogP contribution in [0.15, 0.2) is 66.7 Å². The minimum absolute atomic E-state index is 0.338. The van der Waals surface area contributed by atoms with Crippen molar-refractivity contribution in [1.82, 2.24) is 4.98 Å². The minimum Gasteiger partial charge on any atom is -0.487 e. The third-order valence-corrected chi connectivity index (χ3v) is 4.28. The molecule has 2 aromatic carbocycles. The molecule has 2 bridgehead atoms. The zero-order chi connectivity index (χ0) is 19.7. The molecule has 4 rings (SSSR count). The van der Waals surface area contributed by atoms with Crippen molar-refractivity contribution in [2.45, 2.75) is 13.2 Å². The van der Waals surface area contributed by atoms with Crippen LogP contribution in [0.3, 0.4) is 0 Å². The zero-order valence-corrected chi connectivity index (χ0v) is 16.1. The van der Waals surface area contributed by atoms with Crippen LogP contribution < -0.4 is 18.9 Å². The van der Waals surface area contributed by atoms with Crippen molar-refractivity contribution >= 4 is 0 Å². The van der Waals surface area contributed by atoms with Crippen LogP contribution >= 0.6 is 0 Å². The number of para-hydroxylation sites is 4. The molecule has 29 heavy (non-hydrogen) atoms. The van der Waals surface area contributed by atoms with Gasteiger partial charge in [-0.05, 0) is 36.4 Å². The van der Waals surface area contributed by atoms with Gasteiger partial charge in [-0.1, -0.05) is 30.3 Å². The molecule has 6 heteroatoms. The Morgan fingerprint density at radius 2 is 0.931 bits per heavy atom. The van der Waals surface area contributed by atoms with Gasteiger partial charge in [0.25, 0.3) is 0 Å². The number of benzene rings is 2. The summed E-state index contributed by atoms with van der Waals surface area (Å²) in [7, 11) is 0. The molecule has 0 saturated heterocycles. The van der Waals surface area contributed by atoms with Crippen LogP contribution in [0.25, 0.3) is 0 Å². The maximum absolute atomic E-state index is 5.94. The maximum Gasteiger partial charge on any atom is 0.161 e. The molecule has 2 heterocycles. The van der Waals surface area contributed by atoms with Gasteiger partial charge in [-0.2, -0.15) is 0 Å². The second-order valence-electron chi connectivity index (χ2n) is 6.40. The Morgan fingerprint density at radius 1 is 0.483 bits per heavy atom. The quantitative estimate of drug-likeness (QED) is 0.575. The molecule has 0 saturated carbocycles. The van der Waals surface area contributed by atoms with Crippen LogP contribution in [-0.4, -0.2) is 31.4 Å². The van der Waals surface area contributed by atoms with E-state index in [2.05, 4.69) is 4.98 Å². The number of aromatic nitrogens is 1. The lowest BCUT2D eigenvalue weighted by Crippen LogP contribution is -2.13. The van der Waals surface area contributed by atoms with Crippen molar-refractivity contribution in [2.24, 2.45) is 0 Å². The minimum atomic E-state index is 0.338. The monoisotopic (exact) mass is 393 g/mol. The number of ether oxygens (including phenoxy) is 5. The van der Waals surface area contributed by atoms with Gasteiger partial charge in [0.15, 0.2) is 23.0 Å². The Hall–Kier alpha value is -3.25. The number of hydrogen-bond acceptors (Lipinski definition) is 6. The van der Waals surface area contributed by atoms with E-state index >= 15 is 0 Å². The van der Waals surface area contributed by atoms with E-state index in [1.807, 2.05) is 66.7 Å². The van der Waals surface area contributed by atoms with Crippen LogP contribution in [-0.2, 0) is 18.0 Å². The molecular formula is C23H23NO5. The van der Waals surface area contributed by atoms with Gasteiger partial charge in [0.1, 0.15) is 26.4 Å². The van der Waals surface area contributed by atoms with E-state index in [1.54, 1.807) is 0 Å². The van der Waals surface area contributed by atoms with Crippen LogP contribution in [0.1, 0.15) is 11.4 Å². The standard InChI is InChI=1S/C23H23NO5/c1-3-10-22-20(8-1)26-14-12-25-13-15-27-21-9-2-4-11-23(21)29-17-19-7-5-6-18(24-19)16-28-22/h1-11H,12-17H2. The molecule has 3 aromatic rings. The Kier molecular flexibility index (Phi) is 6.45. The Balaban J connectivity index is 1.53. The average Bonchev–Trinajstić information content (AvgIpc) is 2.77. The molecule has 150 valence electrons. The first kappa shape index (κ1) is 19.1. The van der Waals surface area contributed by atoms with Gasteiger partial charge in [-0.15, -0.1) is 0 Å². The second-order valence-corrected chi connectivity index (χ2v) is 6.40. The summed E-state index contributed by atoms with van der Waals surface area (Å²) in [5.41, 5.74) is 1.63. The first-order valence-electron chi connectivity index (χ1n) is 9.60. The molecular weight excluding hydrogens is 370 g/mol. The third kappa shape index (κ3) is 5.39. The fraction of sp³-hybridized carbons (Fsp3) is 0.261. The first-order chi connectivity index (χ1) is 14.4. The fourth-order valence-corrected chi connectivity index (χ4v) is 2.89. The maximum atomic E-state index is 5.94. The van der Waals surface area contributed by atoms with E-state index in [-0.39, 0.29) is 0 Å². The summed E-state index contributed by atoms with van der Waals surface area (Å²) < 4.78 is 29.1. The first-order valence-corrected chi connectivity index (χ1v) is 9.60. The van der Waals surface area contributed by atoms with Gasteiger partial charge in [0.2, 0.25) is 0 Å². The van der Waals surface area contributed by atoms with Gasteiger partial charge in [0.05, 0.1) is 24.6 Å². The lowest BCUT2D eigenvalue weighted by Gasteiger charge is -2.15. The average molecular weight is 393 g/mol. The van der Waals surface area contributed by atoms with E-state index in [9.17, 15) is 0 Å². The largest absolute Gasteiger partial charge is 0.487 e. The molecule has 1 aliphatic rings. The number of hydrogen-bond donors (Lipinski definition) is 0. The lowest BCUT2D eigenvalue weighted by molar-refractivity contribution is 0.0743. The molecule has 0 atom stereocenters. The molecule has 0 N–H and O–H groups in total. The van der Waals surface area contributed by atoms with Crippen molar-refractivity contribution in [2.75, 3.05) is 26.4 Å². The molecule has 0 unspecified atom stereocenters. The topological polar surface area (TPSA) is 59.0 Å². The van der Waals surface area contributed by atoms with Crippen molar-refractivity contribution in [1.29, 1.82) is 0 Å². The molecule has 6 nitrogen and oxygen atoms in total. The fourth-order valence-electron chi connectivity index (χ4n) is 2.89. The number of pyridine rings is 1. The van der Waals surface area contributed by atoms with Gasteiger partial charge in [-0.3, -0.25) is 4.98 Å². The molecule has 0 aliphatic carbocycles. The van der Waals surface area contributed by atoms with E-state index in [0.717, 1.165) is 11.4 Å². The highest BCUT2D eigenvalue weighted by atomic mass is 16.6. The lowest BCUT2D eigenvalue weighted by atomic mass is 10.3. The van der Waals surface area contributed by atoms with Crippen LogP contribution in [0.4, 0.5) is 0 Å². The predicted molar refractivity (Wildman–Crippen MR) is 108 cm³/mol. The smallest absolute Gasteiger partial charge is 0.161 e. The highest BCUT2D eigenvalue weighted by molar-refractivity contribution is 5.40. The molecule has 0 fully saturated rings. The highest BCUT2D eigenvalue weighted by Crippen LogP contribution is 2.28. The Morgan fingerprint density at radius 3 is 1.41 bits per heavy atom. The normalized spacial score (nSPS) is 15.0. The summed E-state index contributed by atoms with van der Waals surface area (Å²) in [6.07, 6.45) is 0. The van der Waals surface area contributed by atoms with Crippen molar-refractivity contribution < 1.29 is 23.7 Å². The number of fused-ring (bicyclic) bond motifs is 4. The Labute approximate surface area is 170 Å². The molecule has 1 aromatic heterocycles. The van der Waals surface area contributed by atoms with Crippen molar-refractivity contribution in [3.63, 3.8) is 0 Å². The summed E-state index contributed by atoms with van der Waals surface area (Å²) in [6.45, 7) is 2.44. The third-order valence-electron chi connectivity index (χ3n) is 4.28. The van der Waals surface area contributed by atoms with Gasteiger partial charge in [-0.25, -0.2) is 0 Å². The van der Waals surface area contributed by atoms with E-state index in [4.69, 9.17) is 23.7 Å². The summed E-state index contributed by atoms with van der Waals surface area (Å²) in [5.74, 6) is 2.72. The SMILES string of the molecule is c1cc2nc(c1)COc1ccccc1OCCOCCOc1ccccc1OC2. The predicted octanol–water partition coefficient (Wildman–Crippen LogP) is 4.03. The van der Waals surface area contributed by atoms with Gasteiger partial charge < -0.3 is 23.7 Å². The summed E-state index contributed by atoms with van der Waals surface area (Å²) in [6, 6.07) is 21.0. The van der Waals surface area contributed by atoms with Crippen LogP contribution in [0.2, 0.25) is 0 Å².